The fraction of sp³-hybridized carbons (Fsp3) is 0.300. The molecule has 0 saturated carbocycles. The second kappa shape index (κ2) is 4.33. The zero-order valence-corrected chi connectivity index (χ0v) is 8.80. The quantitative estimate of drug-likeness (QED) is 0.811. The summed E-state index contributed by atoms with van der Waals surface area (Å²) >= 11 is 5.92. The van der Waals surface area contributed by atoms with Crippen LogP contribution in [0.25, 0.3) is 0 Å². The van der Waals surface area contributed by atoms with Crippen molar-refractivity contribution >= 4 is 23.3 Å². The average Bonchev–Trinajstić information content (AvgIpc) is 2.11. The molecule has 0 heterocycles. The monoisotopic (exact) mass is 213 g/mol. The second-order valence-corrected chi connectivity index (χ2v) is 3.54. The van der Waals surface area contributed by atoms with Gasteiger partial charge in [0.25, 0.3) is 0 Å². The van der Waals surface area contributed by atoms with Gasteiger partial charge in [-0.25, -0.2) is 0 Å². The summed E-state index contributed by atoms with van der Waals surface area (Å²) in [6, 6.07) is 4.79. The lowest BCUT2D eigenvalue weighted by atomic mass is 10.2. The van der Waals surface area contributed by atoms with Crippen LogP contribution in [0.15, 0.2) is 18.2 Å². The SMILES string of the molecule is Cc1cccc(Cl)c1N[C@@H](C)C(=O)O. The maximum absolute atomic E-state index is 10.6. The number of hydrogen-bond acceptors (Lipinski definition) is 2. The summed E-state index contributed by atoms with van der Waals surface area (Å²) in [4.78, 5) is 10.6. The molecule has 0 unspecified atom stereocenters. The Morgan fingerprint density at radius 1 is 1.57 bits per heavy atom. The molecule has 0 radical (unpaired) electrons. The van der Waals surface area contributed by atoms with E-state index >= 15 is 0 Å². The molecule has 4 heteroatoms. The number of para-hydroxylation sites is 1. The largest absolute Gasteiger partial charge is 0.480 e. The summed E-state index contributed by atoms with van der Waals surface area (Å²) in [7, 11) is 0. The van der Waals surface area contributed by atoms with E-state index in [9.17, 15) is 4.79 Å². The number of aliphatic carboxylic acids is 1. The van der Waals surface area contributed by atoms with E-state index in [0.717, 1.165) is 5.56 Å². The van der Waals surface area contributed by atoms with Crippen LogP contribution in [0.1, 0.15) is 12.5 Å². The van der Waals surface area contributed by atoms with Gasteiger partial charge >= 0.3 is 5.97 Å². The van der Waals surface area contributed by atoms with Gasteiger partial charge in [-0.05, 0) is 25.5 Å². The molecule has 0 spiro atoms. The van der Waals surface area contributed by atoms with Crippen molar-refractivity contribution in [1.82, 2.24) is 0 Å². The highest BCUT2D eigenvalue weighted by Crippen LogP contribution is 2.25. The van der Waals surface area contributed by atoms with E-state index in [1.807, 2.05) is 19.1 Å². The molecular weight excluding hydrogens is 202 g/mol. The smallest absolute Gasteiger partial charge is 0.325 e. The third-order valence-corrected chi connectivity index (χ3v) is 2.27. The number of aryl methyl sites for hydroxylation is 1. The van der Waals surface area contributed by atoms with Crippen LogP contribution in [-0.4, -0.2) is 17.1 Å². The van der Waals surface area contributed by atoms with Crippen molar-refractivity contribution in [3.63, 3.8) is 0 Å². The fourth-order valence-corrected chi connectivity index (χ4v) is 1.37. The first kappa shape index (κ1) is 10.9. The van der Waals surface area contributed by atoms with Gasteiger partial charge in [0, 0.05) is 0 Å². The van der Waals surface area contributed by atoms with Crippen LogP contribution in [0.3, 0.4) is 0 Å². The molecular formula is C10H12ClNO2. The van der Waals surface area contributed by atoms with Crippen LogP contribution in [0, 0.1) is 6.92 Å². The standard InChI is InChI=1S/C10H12ClNO2/c1-6-4-3-5-8(11)9(6)12-7(2)10(13)14/h3-5,7,12H,1-2H3,(H,13,14)/t7-/m0/s1. The van der Waals surface area contributed by atoms with E-state index in [2.05, 4.69) is 5.32 Å². The maximum Gasteiger partial charge on any atom is 0.325 e. The number of nitrogens with one attached hydrogen (secondary N) is 1. The highest BCUT2D eigenvalue weighted by atomic mass is 35.5. The van der Waals surface area contributed by atoms with Crippen molar-refractivity contribution in [2.24, 2.45) is 0 Å². The molecule has 0 bridgehead atoms. The van der Waals surface area contributed by atoms with E-state index in [1.54, 1.807) is 13.0 Å². The minimum atomic E-state index is -0.899. The molecule has 1 aromatic rings. The van der Waals surface area contributed by atoms with Crippen molar-refractivity contribution in [2.75, 3.05) is 5.32 Å². The van der Waals surface area contributed by atoms with E-state index in [1.165, 1.54) is 0 Å². The van der Waals surface area contributed by atoms with Gasteiger partial charge in [-0.2, -0.15) is 0 Å². The first-order valence-electron chi connectivity index (χ1n) is 4.27. The van der Waals surface area contributed by atoms with Gasteiger partial charge in [0.1, 0.15) is 6.04 Å². The lowest BCUT2D eigenvalue weighted by Crippen LogP contribution is -2.25. The van der Waals surface area contributed by atoms with Crippen molar-refractivity contribution in [3.8, 4) is 0 Å². The number of carbonyl (C=O) groups is 1. The topological polar surface area (TPSA) is 49.3 Å². The average molecular weight is 214 g/mol. The first-order chi connectivity index (χ1) is 6.52. The van der Waals surface area contributed by atoms with Crippen LogP contribution >= 0.6 is 11.6 Å². The maximum atomic E-state index is 10.6. The molecule has 1 aromatic carbocycles. The number of carboxylic acids is 1. The van der Waals surface area contributed by atoms with Gasteiger partial charge in [0.15, 0.2) is 0 Å². The molecule has 0 aromatic heterocycles. The van der Waals surface area contributed by atoms with Gasteiger partial charge in [0.05, 0.1) is 10.7 Å². The van der Waals surface area contributed by atoms with Crippen LogP contribution in [-0.2, 0) is 4.79 Å². The predicted molar refractivity (Wildman–Crippen MR) is 56.9 cm³/mol. The third kappa shape index (κ3) is 2.39. The zero-order chi connectivity index (χ0) is 10.7. The van der Waals surface area contributed by atoms with Crippen molar-refractivity contribution in [1.29, 1.82) is 0 Å². The summed E-state index contributed by atoms with van der Waals surface area (Å²) in [6.07, 6.45) is 0. The normalized spacial score (nSPS) is 12.2. The number of rotatable bonds is 3. The van der Waals surface area contributed by atoms with Gasteiger partial charge in [-0.3, -0.25) is 4.79 Å². The third-order valence-electron chi connectivity index (χ3n) is 1.95. The van der Waals surface area contributed by atoms with E-state index < -0.39 is 12.0 Å². The first-order valence-corrected chi connectivity index (χ1v) is 4.64. The Morgan fingerprint density at radius 3 is 2.71 bits per heavy atom. The minimum absolute atomic E-state index is 0.540. The molecule has 1 atom stereocenters. The van der Waals surface area contributed by atoms with Crippen LogP contribution in [0.2, 0.25) is 5.02 Å². The van der Waals surface area contributed by atoms with Crippen LogP contribution in [0.4, 0.5) is 5.69 Å². The highest BCUT2D eigenvalue weighted by Gasteiger charge is 2.12. The number of halogens is 1. The summed E-state index contributed by atoms with van der Waals surface area (Å²) in [5.74, 6) is -0.899. The number of carboxylic acid groups (broad SMARTS) is 1. The molecule has 2 N–H and O–H groups in total. The van der Waals surface area contributed by atoms with Crippen molar-refractivity contribution < 1.29 is 9.90 Å². The molecule has 0 fully saturated rings. The second-order valence-electron chi connectivity index (χ2n) is 3.14. The Bertz CT molecular complexity index is 332. The van der Waals surface area contributed by atoms with E-state index in [-0.39, 0.29) is 0 Å². The van der Waals surface area contributed by atoms with Gasteiger partial charge in [-0.1, -0.05) is 23.7 Å². The van der Waals surface area contributed by atoms with Crippen LogP contribution in [0.5, 0.6) is 0 Å². The van der Waals surface area contributed by atoms with E-state index in [0.29, 0.717) is 10.7 Å². The molecule has 0 aliphatic carbocycles. The highest BCUT2D eigenvalue weighted by molar-refractivity contribution is 6.33. The lowest BCUT2D eigenvalue weighted by Gasteiger charge is -2.14. The molecule has 76 valence electrons. The number of anilines is 1. The van der Waals surface area contributed by atoms with Crippen LogP contribution < -0.4 is 5.32 Å². The Balaban J connectivity index is 2.91. The Labute approximate surface area is 87.7 Å². The van der Waals surface area contributed by atoms with Crippen molar-refractivity contribution in [2.45, 2.75) is 19.9 Å². The Hall–Kier alpha value is -1.22. The molecule has 1 rings (SSSR count). The predicted octanol–water partition coefficient (Wildman–Crippen LogP) is 2.53. The van der Waals surface area contributed by atoms with Crippen molar-refractivity contribution in [3.05, 3.63) is 28.8 Å². The van der Waals surface area contributed by atoms with Gasteiger partial charge < -0.3 is 10.4 Å². The molecule has 14 heavy (non-hydrogen) atoms. The lowest BCUT2D eigenvalue weighted by molar-refractivity contribution is -0.137. The van der Waals surface area contributed by atoms with Gasteiger partial charge in [-0.15, -0.1) is 0 Å². The fourth-order valence-electron chi connectivity index (χ4n) is 1.09. The van der Waals surface area contributed by atoms with E-state index in [4.69, 9.17) is 16.7 Å². The Kier molecular flexibility index (Phi) is 3.36. The summed E-state index contributed by atoms with van der Waals surface area (Å²) in [5, 5.41) is 12.1. The molecule has 0 amide bonds. The minimum Gasteiger partial charge on any atom is -0.480 e. The molecule has 0 aliphatic rings. The molecule has 0 aliphatic heterocycles. The van der Waals surface area contributed by atoms with Gasteiger partial charge in [0.2, 0.25) is 0 Å². The summed E-state index contributed by atoms with van der Waals surface area (Å²) in [6.45, 7) is 3.45. The summed E-state index contributed by atoms with van der Waals surface area (Å²) in [5.41, 5.74) is 1.62. The molecule has 0 saturated heterocycles. The molecule has 3 nitrogen and oxygen atoms in total. The Morgan fingerprint density at radius 2 is 2.21 bits per heavy atom. The number of hydrogen-bond donors (Lipinski definition) is 2. The zero-order valence-electron chi connectivity index (χ0n) is 8.04. The summed E-state index contributed by atoms with van der Waals surface area (Å²) < 4.78 is 0. The number of benzene rings is 1.